The van der Waals surface area contributed by atoms with E-state index in [4.69, 9.17) is 22.6 Å². The third kappa shape index (κ3) is 5.72. The Kier molecular flexibility index (Phi) is 7.63. The second kappa shape index (κ2) is 11.0. The highest BCUT2D eigenvalue weighted by Crippen LogP contribution is 2.38. The summed E-state index contributed by atoms with van der Waals surface area (Å²) in [5.74, 6) is 1.77. The number of hydrogen-bond donors (Lipinski definition) is 2. The van der Waals surface area contributed by atoms with E-state index in [0.29, 0.717) is 42.5 Å². The number of nitrogens with zero attached hydrogens (tertiary/aromatic N) is 7. The molecule has 1 saturated heterocycles. The molecule has 4 heterocycles. The molecule has 5 rings (SSSR count). The summed E-state index contributed by atoms with van der Waals surface area (Å²) < 4.78 is 25.2. The van der Waals surface area contributed by atoms with E-state index < -0.39 is 9.84 Å². The van der Waals surface area contributed by atoms with Gasteiger partial charge in [0, 0.05) is 48.4 Å². The Bertz CT molecular complexity index is 1710. The molecule has 0 spiro atoms. The third-order valence-corrected chi connectivity index (χ3v) is 8.27. The molecular weight excluding hydrogens is 550 g/mol. The first-order valence-corrected chi connectivity index (χ1v) is 15.3. The number of nitriles is 1. The average molecular weight is 580 g/mol. The molecule has 208 valence electrons. The number of benzene rings is 1. The van der Waals surface area contributed by atoms with Crippen LogP contribution in [0.5, 0.6) is 0 Å². The first-order valence-electron chi connectivity index (χ1n) is 12.9. The van der Waals surface area contributed by atoms with Crippen LogP contribution in [0.15, 0.2) is 42.9 Å². The van der Waals surface area contributed by atoms with Crippen molar-refractivity contribution in [3.63, 3.8) is 0 Å². The molecule has 11 nitrogen and oxygen atoms in total. The van der Waals surface area contributed by atoms with E-state index in [1.807, 2.05) is 23.2 Å². The molecule has 3 N–H and O–H groups in total. The van der Waals surface area contributed by atoms with Crippen LogP contribution in [0.4, 0.5) is 17.3 Å². The summed E-state index contributed by atoms with van der Waals surface area (Å²) in [6, 6.07) is 9.95. The van der Waals surface area contributed by atoms with Gasteiger partial charge in [-0.1, -0.05) is 31.5 Å². The molecule has 0 unspecified atom stereocenters. The van der Waals surface area contributed by atoms with Crippen LogP contribution >= 0.6 is 11.6 Å². The van der Waals surface area contributed by atoms with Crippen LogP contribution in [0.2, 0.25) is 5.15 Å². The van der Waals surface area contributed by atoms with Gasteiger partial charge < -0.3 is 16.0 Å². The van der Waals surface area contributed by atoms with Crippen LogP contribution in [0.25, 0.3) is 22.2 Å². The summed E-state index contributed by atoms with van der Waals surface area (Å²) in [6.07, 6.45) is 6.35. The van der Waals surface area contributed by atoms with Gasteiger partial charge in [-0.3, -0.25) is 4.68 Å². The molecule has 1 aliphatic rings. The monoisotopic (exact) mass is 579 g/mol. The fraction of sp³-hybridized carbons (Fsp3) is 0.370. The van der Waals surface area contributed by atoms with Crippen molar-refractivity contribution in [2.75, 3.05) is 28.8 Å². The Morgan fingerprint density at radius 1 is 1.23 bits per heavy atom. The summed E-state index contributed by atoms with van der Waals surface area (Å²) in [4.78, 5) is 15.6. The molecule has 1 aromatic carbocycles. The molecule has 1 aliphatic heterocycles. The number of aryl methyl sites for hydroxylation is 1. The van der Waals surface area contributed by atoms with Gasteiger partial charge in [-0.2, -0.15) is 10.4 Å². The fourth-order valence-corrected chi connectivity index (χ4v) is 6.29. The highest BCUT2D eigenvalue weighted by atomic mass is 35.5. The Morgan fingerprint density at radius 2 is 2.02 bits per heavy atom. The molecule has 0 bridgehead atoms. The van der Waals surface area contributed by atoms with Crippen LogP contribution in [0.1, 0.15) is 31.7 Å². The number of pyridine rings is 1. The lowest BCUT2D eigenvalue weighted by atomic mass is 9.92. The zero-order valence-electron chi connectivity index (χ0n) is 22.4. The van der Waals surface area contributed by atoms with E-state index in [9.17, 15) is 8.42 Å². The summed E-state index contributed by atoms with van der Waals surface area (Å²) in [5.41, 5.74) is 9.07. The van der Waals surface area contributed by atoms with Crippen LogP contribution in [-0.2, 0) is 16.4 Å². The molecule has 1 fully saturated rings. The Balaban J connectivity index is 1.43. The standard InChI is InChI=1S/C27H30ClN9O2S/c1-16(2)18-5-6-22(37-13-17(26(37)30)15-40(3,38)39)20-12-32-24(11-19(18)20)33-23-7-9-31-27(34-23)21-14-36(10-4-8-29)35-25(21)28/h5-7,9,11-12,14,16-17,26H,4,10,13,15,30H2,1-3H3,(H,31,32,33,34)/t17-,26+/m1/s1. The number of sulfone groups is 1. The number of nitrogens with two attached hydrogens (primary N) is 1. The van der Waals surface area contributed by atoms with E-state index in [-0.39, 0.29) is 28.9 Å². The molecule has 0 amide bonds. The van der Waals surface area contributed by atoms with E-state index in [0.717, 1.165) is 22.0 Å². The lowest BCUT2D eigenvalue weighted by Gasteiger charge is -2.47. The Hall–Kier alpha value is -3.79. The van der Waals surface area contributed by atoms with Gasteiger partial charge in [0.05, 0.1) is 36.5 Å². The van der Waals surface area contributed by atoms with Crippen molar-refractivity contribution in [3.8, 4) is 17.5 Å². The van der Waals surface area contributed by atoms with Crippen LogP contribution in [0.3, 0.4) is 0 Å². The van der Waals surface area contributed by atoms with Gasteiger partial charge in [0.1, 0.15) is 21.5 Å². The number of halogens is 1. The molecule has 40 heavy (non-hydrogen) atoms. The molecule has 3 aromatic heterocycles. The Morgan fingerprint density at radius 3 is 2.73 bits per heavy atom. The molecule has 0 aliphatic carbocycles. The number of hydrogen-bond acceptors (Lipinski definition) is 10. The zero-order valence-corrected chi connectivity index (χ0v) is 24.0. The number of aromatic nitrogens is 5. The number of nitrogens with one attached hydrogen (secondary N) is 1. The molecule has 0 saturated carbocycles. The van der Waals surface area contributed by atoms with Gasteiger partial charge in [-0.15, -0.1) is 0 Å². The SMILES string of the molecule is CC(C)c1ccc(N2C[C@H](CS(C)(=O)=O)[C@H]2N)c2cnc(Nc3ccnc(-c4cn(CCC#N)nc4Cl)n3)cc12. The van der Waals surface area contributed by atoms with Crippen LogP contribution in [-0.4, -0.2) is 57.9 Å². The van der Waals surface area contributed by atoms with E-state index >= 15 is 0 Å². The van der Waals surface area contributed by atoms with E-state index in [2.05, 4.69) is 51.4 Å². The molecule has 2 atom stereocenters. The first kappa shape index (κ1) is 27.8. The molecule has 4 aromatic rings. The van der Waals surface area contributed by atoms with E-state index in [1.54, 1.807) is 23.1 Å². The minimum Gasteiger partial charge on any atom is -0.355 e. The maximum atomic E-state index is 11.8. The fourth-order valence-electron chi connectivity index (χ4n) is 4.98. The van der Waals surface area contributed by atoms with Gasteiger partial charge in [0.15, 0.2) is 11.0 Å². The van der Waals surface area contributed by atoms with Crippen molar-refractivity contribution < 1.29 is 8.42 Å². The highest BCUT2D eigenvalue weighted by molar-refractivity contribution is 7.90. The van der Waals surface area contributed by atoms with Crippen molar-refractivity contribution in [1.82, 2.24) is 24.7 Å². The number of fused-ring (bicyclic) bond motifs is 1. The maximum absolute atomic E-state index is 11.8. The lowest BCUT2D eigenvalue weighted by molar-refractivity contribution is 0.328. The minimum absolute atomic E-state index is 0.0752. The predicted octanol–water partition coefficient (Wildman–Crippen LogP) is 4.09. The van der Waals surface area contributed by atoms with Crippen LogP contribution < -0.4 is 16.0 Å². The summed E-state index contributed by atoms with van der Waals surface area (Å²) in [6.45, 7) is 5.27. The van der Waals surface area contributed by atoms with Gasteiger partial charge in [0.2, 0.25) is 0 Å². The van der Waals surface area contributed by atoms with E-state index in [1.165, 1.54) is 6.26 Å². The Labute approximate surface area is 237 Å². The maximum Gasteiger partial charge on any atom is 0.166 e. The van der Waals surface area contributed by atoms with Gasteiger partial charge in [-0.05, 0) is 35.1 Å². The average Bonchev–Trinajstić information content (AvgIpc) is 3.28. The number of rotatable bonds is 9. The number of anilines is 3. The van der Waals surface area contributed by atoms with Crippen LogP contribution in [0, 0.1) is 17.2 Å². The summed E-state index contributed by atoms with van der Waals surface area (Å²) in [5, 5.41) is 18.6. The van der Waals surface area contributed by atoms with Gasteiger partial charge in [-0.25, -0.2) is 23.4 Å². The molecular formula is C27H30ClN9O2S. The predicted molar refractivity (Wildman–Crippen MR) is 156 cm³/mol. The van der Waals surface area contributed by atoms with Crippen molar-refractivity contribution in [1.29, 1.82) is 5.26 Å². The zero-order chi connectivity index (χ0) is 28.6. The first-order chi connectivity index (χ1) is 19.0. The summed E-state index contributed by atoms with van der Waals surface area (Å²) >= 11 is 6.32. The summed E-state index contributed by atoms with van der Waals surface area (Å²) in [7, 11) is -3.11. The normalized spacial score (nSPS) is 17.2. The highest BCUT2D eigenvalue weighted by Gasteiger charge is 2.39. The van der Waals surface area contributed by atoms with Crippen molar-refractivity contribution in [2.24, 2.45) is 11.7 Å². The van der Waals surface area contributed by atoms with Crippen molar-refractivity contribution in [3.05, 3.63) is 53.6 Å². The lowest BCUT2D eigenvalue weighted by Crippen LogP contribution is -2.63. The van der Waals surface area contributed by atoms with Gasteiger partial charge in [0.25, 0.3) is 0 Å². The van der Waals surface area contributed by atoms with Gasteiger partial charge >= 0.3 is 0 Å². The second-order valence-electron chi connectivity index (χ2n) is 10.3. The second-order valence-corrected chi connectivity index (χ2v) is 12.9. The smallest absolute Gasteiger partial charge is 0.166 e. The largest absolute Gasteiger partial charge is 0.355 e. The topological polar surface area (TPSA) is 156 Å². The molecule has 13 heteroatoms. The third-order valence-electron chi connectivity index (χ3n) is 6.96. The quantitative estimate of drug-likeness (QED) is 0.296. The van der Waals surface area contributed by atoms with Crippen molar-refractivity contribution in [2.45, 2.75) is 38.9 Å². The van der Waals surface area contributed by atoms with Crippen molar-refractivity contribution >= 4 is 49.5 Å². The minimum atomic E-state index is -3.11. The molecule has 0 radical (unpaired) electrons.